The number of nitrogens with one attached hydrogen (secondary N) is 3. The summed E-state index contributed by atoms with van der Waals surface area (Å²) in [4.78, 5) is 39.7. The molecule has 3 amide bonds. The molecular formula is C22H20F2N4O4S. The number of aromatic nitrogens is 1. The van der Waals surface area contributed by atoms with Gasteiger partial charge in [-0.05, 0) is 23.8 Å². The Balaban J connectivity index is 1.51. The molecule has 0 aliphatic rings. The van der Waals surface area contributed by atoms with E-state index in [-0.39, 0.29) is 23.8 Å². The lowest BCUT2D eigenvalue weighted by molar-refractivity contribution is -0.119. The maximum atomic E-state index is 12.3. The maximum absolute atomic E-state index is 12.3. The number of alkyl halides is 2. The van der Waals surface area contributed by atoms with Crippen molar-refractivity contribution in [3.8, 4) is 17.0 Å². The molecule has 0 saturated heterocycles. The molecule has 0 atom stereocenters. The fraction of sp³-hybridized carbons (Fsp3) is 0.182. The van der Waals surface area contributed by atoms with Crippen LogP contribution in [0.4, 0.5) is 13.9 Å². The van der Waals surface area contributed by atoms with E-state index in [1.165, 1.54) is 36.5 Å². The third kappa shape index (κ3) is 7.35. The van der Waals surface area contributed by atoms with Crippen LogP contribution in [0.25, 0.3) is 11.3 Å². The molecule has 1 aromatic heterocycles. The van der Waals surface area contributed by atoms with E-state index in [2.05, 4.69) is 25.7 Å². The molecule has 8 nitrogen and oxygen atoms in total. The first-order valence-electron chi connectivity index (χ1n) is 9.72. The SMILES string of the molecule is CC(=O)NCc1ccc(-c2csc(NC(=O)CNC(=O)c3cccc(OC(F)F)c3)n2)cc1. The first kappa shape index (κ1) is 23.8. The number of rotatable bonds is 9. The molecule has 3 rings (SSSR count). The summed E-state index contributed by atoms with van der Waals surface area (Å²) in [6.45, 7) is -1.44. The van der Waals surface area contributed by atoms with Gasteiger partial charge in [0, 0.05) is 30.0 Å². The first-order valence-corrected chi connectivity index (χ1v) is 10.6. The topological polar surface area (TPSA) is 109 Å². The lowest BCUT2D eigenvalue weighted by Gasteiger charge is -2.08. The second-order valence-electron chi connectivity index (χ2n) is 6.78. The van der Waals surface area contributed by atoms with Gasteiger partial charge in [-0.2, -0.15) is 8.78 Å². The molecule has 0 spiro atoms. The van der Waals surface area contributed by atoms with Gasteiger partial charge in [0.1, 0.15) is 5.75 Å². The maximum Gasteiger partial charge on any atom is 0.387 e. The number of hydrogen-bond acceptors (Lipinski definition) is 6. The van der Waals surface area contributed by atoms with Crippen LogP contribution in [0.5, 0.6) is 5.75 Å². The van der Waals surface area contributed by atoms with Gasteiger partial charge < -0.3 is 20.7 Å². The summed E-state index contributed by atoms with van der Waals surface area (Å²) in [7, 11) is 0. The fourth-order valence-electron chi connectivity index (χ4n) is 2.72. The Bertz CT molecular complexity index is 1140. The molecule has 0 saturated carbocycles. The van der Waals surface area contributed by atoms with Gasteiger partial charge in [-0.15, -0.1) is 11.3 Å². The Labute approximate surface area is 192 Å². The predicted octanol–water partition coefficient (Wildman–Crippen LogP) is 3.42. The highest BCUT2D eigenvalue weighted by atomic mass is 32.1. The molecule has 0 unspecified atom stereocenters. The number of hydrogen-bond donors (Lipinski definition) is 3. The highest BCUT2D eigenvalue weighted by Gasteiger charge is 2.12. The number of nitrogens with zero attached hydrogens (tertiary/aromatic N) is 1. The second-order valence-corrected chi connectivity index (χ2v) is 7.64. The highest BCUT2D eigenvalue weighted by molar-refractivity contribution is 7.14. The fourth-order valence-corrected chi connectivity index (χ4v) is 3.46. The van der Waals surface area contributed by atoms with Crippen LogP contribution in [0.3, 0.4) is 0 Å². The minimum absolute atomic E-state index is 0.0828. The van der Waals surface area contributed by atoms with Crippen LogP contribution >= 0.6 is 11.3 Å². The van der Waals surface area contributed by atoms with Crippen molar-refractivity contribution in [1.82, 2.24) is 15.6 Å². The number of anilines is 1. The summed E-state index contributed by atoms with van der Waals surface area (Å²) in [6, 6.07) is 12.8. The van der Waals surface area contributed by atoms with Gasteiger partial charge in [-0.1, -0.05) is 30.3 Å². The van der Waals surface area contributed by atoms with Crippen LogP contribution in [-0.4, -0.2) is 35.9 Å². The van der Waals surface area contributed by atoms with Crippen molar-refractivity contribution in [1.29, 1.82) is 0 Å². The zero-order chi connectivity index (χ0) is 23.8. The average Bonchev–Trinajstić information content (AvgIpc) is 3.24. The molecule has 0 aliphatic heterocycles. The van der Waals surface area contributed by atoms with E-state index < -0.39 is 18.4 Å². The normalized spacial score (nSPS) is 10.5. The smallest absolute Gasteiger partial charge is 0.387 e. The van der Waals surface area contributed by atoms with Crippen LogP contribution in [0.1, 0.15) is 22.8 Å². The third-order valence-corrected chi connectivity index (χ3v) is 5.03. The molecule has 11 heteroatoms. The number of benzene rings is 2. The van der Waals surface area contributed by atoms with Crippen LogP contribution in [0, 0.1) is 0 Å². The van der Waals surface area contributed by atoms with E-state index in [0.29, 0.717) is 17.4 Å². The van der Waals surface area contributed by atoms with E-state index >= 15 is 0 Å². The van der Waals surface area contributed by atoms with E-state index in [0.717, 1.165) is 17.2 Å². The average molecular weight is 474 g/mol. The van der Waals surface area contributed by atoms with E-state index in [1.54, 1.807) is 5.38 Å². The Hall–Kier alpha value is -3.86. The third-order valence-electron chi connectivity index (χ3n) is 4.27. The highest BCUT2D eigenvalue weighted by Crippen LogP contribution is 2.25. The van der Waals surface area contributed by atoms with Crippen molar-refractivity contribution in [3.05, 3.63) is 65.0 Å². The van der Waals surface area contributed by atoms with Gasteiger partial charge in [0.2, 0.25) is 11.8 Å². The zero-order valence-electron chi connectivity index (χ0n) is 17.4. The van der Waals surface area contributed by atoms with Gasteiger partial charge in [0.05, 0.1) is 12.2 Å². The summed E-state index contributed by atoms with van der Waals surface area (Å²) in [5, 5.41) is 9.88. The van der Waals surface area contributed by atoms with Crippen LogP contribution < -0.4 is 20.7 Å². The van der Waals surface area contributed by atoms with Gasteiger partial charge in [-0.25, -0.2) is 4.98 Å². The number of ether oxygens (including phenoxy) is 1. The summed E-state index contributed by atoms with van der Waals surface area (Å²) >= 11 is 1.23. The Kier molecular flexibility index (Phi) is 8.03. The minimum Gasteiger partial charge on any atom is -0.435 e. The van der Waals surface area contributed by atoms with Crippen molar-refractivity contribution in [2.75, 3.05) is 11.9 Å². The molecule has 172 valence electrons. The number of carbonyl (C=O) groups excluding carboxylic acids is 3. The molecule has 0 bridgehead atoms. The van der Waals surface area contributed by atoms with Gasteiger partial charge in [-0.3, -0.25) is 14.4 Å². The molecule has 0 radical (unpaired) electrons. The van der Waals surface area contributed by atoms with Crippen LogP contribution in [0.15, 0.2) is 53.9 Å². The molecule has 3 N–H and O–H groups in total. The van der Waals surface area contributed by atoms with Gasteiger partial charge in [0.25, 0.3) is 5.91 Å². The molecule has 0 aliphatic carbocycles. The molecule has 1 heterocycles. The number of halogens is 2. The second kappa shape index (κ2) is 11.1. The largest absolute Gasteiger partial charge is 0.435 e. The lowest BCUT2D eigenvalue weighted by atomic mass is 10.1. The van der Waals surface area contributed by atoms with Crippen molar-refractivity contribution in [2.45, 2.75) is 20.1 Å². The number of carbonyl (C=O) groups is 3. The number of amides is 3. The predicted molar refractivity (Wildman–Crippen MR) is 119 cm³/mol. The number of thiazole rings is 1. The molecule has 33 heavy (non-hydrogen) atoms. The monoisotopic (exact) mass is 474 g/mol. The molecule has 3 aromatic rings. The summed E-state index contributed by atoms with van der Waals surface area (Å²) in [6.07, 6.45) is 0. The minimum atomic E-state index is -3.00. The Morgan fingerprint density at radius 3 is 2.55 bits per heavy atom. The Morgan fingerprint density at radius 2 is 1.85 bits per heavy atom. The van der Waals surface area contributed by atoms with Crippen molar-refractivity contribution < 1.29 is 27.9 Å². The van der Waals surface area contributed by atoms with Gasteiger partial charge in [0.15, 0.2) is 5.13 Å². The van der Waals surface area contributed by atoms with Crippen molar-refractivity contribution in [2.24, 2.45) is 0 Å². The van der Waals surface area contributed by atoms with E-state index in [1.807, 2.05) is 24.3 Å². The lowest BCUT2D eigenvalue weighted by Crippen LogP contribution is -2.32. The molecule has 2 aromatic carbocycles. The van der Waals surface area contributed by atoms with Gasteiger partial charge >= 0.3 is 6.61 Å². The molecular weight excluding hydrogens is 454 g/mol. The summed E-state index contributed by atoms with van der Waals surface area (Å²) in [5.41, 5.74) is 2.54. The zero-order valence-corrected chi connectivity index (χ0v) is 18.2. The molecule has 0 fully saturated rings. The Morgan fingerprint density at radius 1 is 1.09 bits per heavy atom. The quantitative estimate of drug-likeness (QED) is 0.440. The summed E-state index contributed by atoms with van der Waals surface area (Å²) < 4.78 is 28.9. The van der Waals surface area contributed by atoms with E-state index in [4.69, 9.17) is 0 Å². The van der Waals surface area contributed by atoms with Crippen molar-refractivity contribution in [3.63, 3.8) is 0 Å². The van der Waals surface area contributed by atoms with Crippen molar-refractivity contribution >= 4 is 34.2 Å². The standard InChI is InChI=1S/C22H20F2N4O4S/c1-13(29)25-10-14-5-7-15(8-6-14)18-12-33-22(27-18)28-19(30)11-26-20(31)16-3-2-4-17(9-16)32-21(23)24/h2-9,12,21H,10-11H2,1H3,(H,25,29)(H,26,31)(H,27,28,30). The van der Waals surface area contributed by atoms with Crippen LogP contribution in [0.2, 0.25) is 0 Å². The summed E-state index contributed by atoms with van der Waals surface area (Å²) in [5.74, 6) is -1.36. The van der Waals surface area contributed by atoms with E-state index in [9.17, 15) is 23.2 Å². The van der Waals surface area contributed by atoms with Crippen LogP contribution in [-0.2, 0) is 16.1 Å². The first-order chi connectivity index (χ1) is 15.8.